The van der Waals surface area contributed by atoms with Crippen LogP contribution in [-0.4, -0.2) is 40.6 Å². The maximum atomic E-state index is 12.5. The summed E-state index contributed by atoms with van der Waals surface area (Å²) in [7, 11) is 1.61. The van der Waals surface area contributed by atoms with E-state index in [0.717, 1.165) is 31.5 Å². The summed E-state index contributed by atoms with van der Waals surface area (Å²) in [4.78, 5) is 28.1. The number of hydrogen-bond acceptors (Lipinski definition) is 5. The second kappa shape index (κ2) is 9.45. The minimum atomic E-state index is -0.416. The Balaban J connectivity index is 1.90. The van der Waals surface area contributed by atoms with Gasteiger partial charge < -0.3 is 10.1 Å². The molecule has 1 saturated carbocycles. The zero-order valence-electron chi connectivity index (χ0n) is 16.1. The van der Waals surface area contributed by atoms with Crippen LogP contribution in [0.3, 0.4) is 0 Å². The molecule has 0 saturated heterocycles. The van der Waals surface area contributed by atoms with Crippen molar-refractivity contribution in [1.29, 1.82) is 0 Å². The summed E-state index contributed by atoms with van der Waals surface area (Å²) in [6, 6.07) is 4.46. The van der Waals surface area contributed by atoms with E-state index < -0.39 is 4.92 Å². The van der Waals surface area contributed by atoms with E-state index in [1.54, 1.807) is 30.1 Å². The van der Waals surface area contributed by atoms with Crippen molar-refractivity contribution in [2.75, 3.05) is 20.3 Å². The van der Waals surface area contributed by atoms with Crippen LogP contribution < -0.4 is 5.32 Å². The SMILES string of the molecule is COCCCNC(=O)c1ccc([N+](=O)[O-])c(-n2ccnc2C2CCCCC2)c1. The highest BCUT2D eigenvalue weighted by Crippen LogP contribution is 2.34. The summed E-state index contributed by atoms with van der Waals surface area (Å²) in [5, 5.41) is 14.4. The lowest BCUT2D eigenvalue weighted by Gasteiger charge is -2.22. The molecule has 28 heavy (non-hydrogen) atoms. The number of amides is 1. The van der Waals surface area contributed by atoms with Crippen molar-refractivity contribution in [3.05, 3.63) is 52.1 Å². The van der Waals surface area contributed by atoms with Gasteiger partial charge in [0.1, 0.15) is 11.5 Å². The Kier molecular flexibility index (Phi) is 6.76. The number of aromatic nitrogens is 2. The molecule has 2 aromatic rings. The largest absolute Gasteiger partial charge is 0.385 e. The number of benzene rings is 1. The Morgan fingerprint density at radius 1 is 1.36 bits per heavy atom. The van der Waals surface area contributed by atoms with Gasteiger partial charge in [-0.05, 0) is 31.4 Å². The van der Waals surface area contributed by atoms with Crippen LogP contribution in [0.4, 0.5) is 5.69 Å². The maximum absolute atomic E-state index is 12.5. The van der Waals surface area contributed by atoms with Gasteiger partial charge in [0, 0.05) is 50.2 Å². The third kappa shape index (κ3) is 4.56. The quantitative estimate of drug-likeness (QED) is 0.424. The van der Waals surface area contributed by atoms with Gasteiger partial charge in [-0.2, -0.15) is 0 Å². The first-order valence-electron chi connectivity index (χ1n) is 9.71. The van der Waals surface area contributed by atoms with Crippen molar-refractivity contribution in [2.24, 2.45) is 0 Å². The van der Waals surface area contributed by atoms with E-state index in [1.165, 1.54) is 18.6 Å². The number of nitro groups is 1. The molecule has 3 rings (SSSR count). The number of nitrogens with zero attached hydrogens (tertiary/aromatic N) is 3. The first-order chi connectivity index (χ1) is 13.6. The molecule has 1 N–H and O–H groups in total. The fourth-order valence-electron chi connectivity index (χ4n) is 3.71. The Morgan fingerprint density at radius 3 is 2.86 bits per heavy atom. The third-order valence-corrected chi connectivity index (χ3v) is 5.14. The van der Waals surface area contributed by atoms with E-state index in [1.807, 2.05) is 0 Å². The predicted molar refractivity (Wildman–Crippen MR) is 105 cm³/mol. The molecule has 0 radical (unpaired) electrons. The lowest BCUT2D eigenvalue weighted by molar-refractivity contribution is -0.384. The fraction of sp³-hybridized carbons (Fsp3) is 0.500. The van der Waals surface area contributed by atoms with E-state index in [4.69, 9.17) is 4.74 Å². The second-order valence-corrected chi connectivity index (χ2v) is 7.05. The summed E-state index contributed by atoms with van der Waals surface area (Å²) in [5.41, 5.74) is 0.736. The molecule has 0 atom stereocenters. The van der Waals surface area contributed by atoms with Crippen molar-refractivity contribution in [3.63, 3.8) is 0 Å². The summed E-state index contributed by atoms with van der Waals surface area (Å²) < 4.78 is 6.75. The fourth-order valence-corrected chi connectivity index (χ4v) is 3.71. The highest BCUT2D eigenvalue weighted by Gasteiger charge is 2.25. The highest BCUT2D eigenvalue weighted by molar-refractivity contribution is 5.95. The molecule has 0 unspecified atom stereocenters. The Morgan fingerprint density at radius 2 is 2.14 bits per heavy atom. The number of carbonyl (C=O) groups is 1. The van der Waals surface area contributed by atoms with Gasteiger partial charge in [-0.1, -0.05) is 19.3 Å². The predicted octanol–water partition coefficient (Wildman–Crippen LogP) is 3.59. The van der Waals surface area contributed by atoms with Crippen LogP contribution in [0.25, 0.3) is 5.69 Å². The standard InChI is InChI=1S/C20H26N4O4/c1-28-13-5-10-22-20(25)16-8-9-17(24(26)27)18(14-16)23-12-11-21-19(23)15-6-3-2-4-7-15/h8-9,11-12,14-15H,2-7,10,13H2,1H3,(H,22,25). The monoisotopic (exact) mass is 386 g/mol. The number of carbonyl (C=O) groups excluding carboxylic acids is 1. The van der Waals surface area contributed by atoms with Crippen LogP contribution in [0.2, 0.25) is 0 Å². The summed E-state index contributed by atoms with van der Waals surface area (Å²) in [5.74, 6) is 0.863. The number of ether oxygens (including phenoxy) is 1. The van der Waals surface area contributed by atoms with Gasteiger partial charge in [0.05, 0.1) is 4.92 Å². The minimum absolute atomic E-state index is 0.0361. The number of hydrogen-bond donors (Lipinski definition) is 1. The van der Waals surface area contributed by atoms with E-state index in [2.05, 4.69) is 10.3 Å². The first-order valence-corrected chi connectivity index (χ1v) is 9.71. The number of imidazole rings is 1. The average Bonchev–Trinajstić information content (AvgIpc) is 3.21. The molecule has 0 aliphatic heterocycles. The van der Waals surface area contributed by atoms with Crippen molar-refractivity contribution in [1.82, 2.24) is 14.9 Å². The van der Waals surface area contributed by atoms with Crippen molar-refractivity contribution in [3.8, 4) is 5.69 Å². The lowest BCUT2D eigenvalue weighted by Crippen LogP contribution is -2.25. The number of rotatable bonds is 8. The van der Waals surface area contributed by atoms with Gasteiger partial charge in [-0.3, -0.25) is 19.5 Å². The van der Waals surface area contributed by atoms with Gasteiger partial charge in [0.15, 0.2) is 0 Å². The molecule has 8 heteroatoms. The molecule has 1 aliphatic carbocycles. The van der Waals surface area contributed by atoms with Crippen LogP contribution in [0.15, 0.2) is 30.6 Å². The van der Waals surface area contributed by atoms with Crippen LogP contribution in [0.1, 0.15) is 60.6 Å². The molecule has 1 amide bonds. The molecule has 1 heterocycles. The van der Waals surface area contributed by atoms with Crippen molar-refractivity contribution < 1.29 is 14.5 Å². The van der Waals surface area contributed by atoms with Crippen LogP contribution in [0.5, 0.6) is 0 Å². The summed E-state index contributed by atoms with van der Waals surface area (Å²) >= 11 is 0. The first kappa shape index (κ1) is 20.0. The molecule has 0 spiro atoms. The zero-order chi connectivity index (χ0) is 19.9. The Labute approximate surface area is 164 Å². The molecular formula is C20H26N4O4. The smallest absolute Gasteiger partial charge is 0.293 e. The van der Waals surface area contributed by atoms with Gasteiger partial charge in [-0.15, -0.1) is 0 Å². The van der Waals surface area contributed by atoms with Gasteiger partial charge in [0.25, 0.3) is 11.6 Å². The molecule has 8 nitrogen and oxygen atoms in total. The summed E-state index contributed by atoms with van der Waals surface area (Å²) in [6.07, 6.45) is 9.69. The lowest BCUT2D eigenvalue weighted by atomic mass is 9.88. The van der Waals surface area contributed by atoms with Gasteiger partial charge >= 0.3 is 0 Å². The van der Waals surface area contributed by atoms with E-state index in [-0.39, 0.29) is 17.5 Å². The molecule has 1 aromatic heterocycles. The number of methoxy groups -OCH3 is 1. The second-order valence-electron chi connectivity index (χ2n) is 7.05. The average molecular weight is 386 g/mol. The molecule has 1 aromatic carbocycles. The Bertz CT molecular complexity index is 827. The number of nitrogens with one attached hydrogen (secondary N) is 1. The Hall–Kier alpha value is -2.74. The zero-order valence-corrected chi connectivity index (χ0v) is 16.1. The van der Waals surface area contributed by atoms with Crippen molar-refractivity contribution in [2.45, 2.75) is 44.4 Å². The van der Waals surface area contributed by atoms with Gasteiger partial charge in [-0.25, -0.2) is 4.98 Å². The molecular weight excluding hydrogens is 360 g/mol. The van der Waals surface area contributed by atoms with E-state index >= 15 is 0 Å². The molecule has 1 fully saturated rings. The van der Waals surface area contributed by atoms with Crippen LogP contribution in [-0.2, 0) is 4.74 Å². The van der Waals surface area contributed by atoms with Gasteiger partial charge in [0.2, 0.25) is 0 Å². The minimum Gasteiger partial charge on any atom is -0.385 e. The van der Waals surface area contributed by atoms with E-state index in [0.29, 0.717) is 30.8 Å². The highest BCUT2D eigenvalue weighted by atomic mass is 16.6. The van der Waals surface area contributed by atoms with Crippen LogP contribution >= 0.6 is 0 Å². The van der Waals surface area contributed by atoms with Crippen LogP contribution in [0, 0.1) is 10.1 Å². The molecule has 150 valence electrons. The number of nitro benzene ring substituents is 1. The van der Waals surface area contributed by atoms with E-state index in [9.17, 15) is 14.9 Å². The molecule has 1 aliphatic rings. The summed E-state index contributed by atoms with van der Waals surface area (Å²) in [6.45, 7) is 1.04. The topological polar surface area (TPSA) is 99.3 Å². The third-order valence-electron chi connectivity index (χ3n) is 5.14. The molecule has 0 bridgehead atoms. The van der Waals surface area contributed by atoms with Crippen molar-refractivity contribution >= 4 is 11.6 Å². The normalized spacial score (nSPS) is 14.8. The maximum Gasteiger partial charge on any atom is 0.293 e.